The minimum atomic E-state index is -1.88. The van der Waals surface area contributed by atoms with Gasteiger partial charge in [0.1, 0.15) is 14.4 Å². The summed E-state index contributed by atoms with van der Waals surface area (Å²) in [6.07, 6.45) is 1.80. The van der Waals surface area contributed by atoms with E-state index in [-0.39, 0.29) is 23.0 Å². The number of hydrogen-bond acceptors (Lipinski definition) is 2. The van der Waals surface area contributed by atoms with Crippen LogP contribution in [0.15, 0.2) is 0 Å². The fourth-order valence-corrected chi connectivity index (χ4v) is 4.04. The second-order valence-corrected chi connectivity index (χ2v) is 18.6. The number of carbonyl (C=O) groups is 1. The van der Waals surface area contributed by atoms with Crippen molar-refractivity contribution in [1.29, 1.82) is 0 Å². The van der Waals surface area contributed by atoms with E-state index in [0.29, 0.717) is 0 Å². The summed E-state index contributed by atoms with van der Waals surface area (Å²) in [4.78, 5) is 11.3. The van der Waals surface area contributed by atoms with Gasteiger partial charge in [0.2, 0.25) is 0 Å². The maximum atomic E-state index is 11.3. The normalized spacial score (nSPS) is 17.2. The molecular weight excluding hydrogens is 304 g/mol. The van der Waals surface area contributed by atoms with E-state index in [1.165, 1.54) is 0 Å². The van der Waals surface area contributed by atoms with Crippen LogP contribution in [-0.4, -0.2) is 28.8 Å². The molecule has 0 aliphatic rings. The van der Waals surface area contributed by atoms with Gasteiger partial charge in [-0.25, -0.2) is 0 Å². The molecule has 0 aromatic heterocycles. The number of rotatable bonds is 6. The van der Waals surface area contributed by atoms with E-state index in [0.717, 1.165) is 12.7 Å². The van der Waals surface area contributed by atoms with Gasteiger partial charge in [-0.1, -0.05) is 54.3 Å². The highest BCUT2D eigenvalue weighted by Crippen LogP contribution is 2.39. The Morgan fingerprint density at radius 2 is 1.59 bits per heavy atom. The summed E-state index contributed by atoms with van der Waals surface area (Å²) in [5.41, 5.74) is 3.41. The third-order valence-electron chi connectivity index (χ3n) is 4.42. The molecule has 0 aliphatic carbocycles. The molecule has 0 N–H and O–H groups in total. The zero-order valence-electron chi connectivity index (χ0n) is 16.3. The van der Waals surface area contributed by atoms with Gasteiger partial charge in [0.15, 0.2) is 8.32 Å². The Bertz CT molecular complexity index is 419. The largest absolute Gasteiger partial charge is 0.413 e. The molecule has 2 nitrogen and oxygen atoms in total. The molecule has 0 radical (unpaired) electrons. The minimum absolute atomic E-state index is 0.0330. The zero-order chi connectivity index (χ0) is 17.8. The molecule has 0 amide bonds. The molecular formula is C18H36O2Si2. The average molecular weight is 341 g/mol. The van der Waals surface area contributed by atoms with Crippen molar-refractivity contribution >= 4 is 22.7 Å². The lowest BCUT2D eigenvalue weighted by Crippen LogP contribution is -2.47. The number of hydrogen-bond donors (Lipinski definition) is 0. The molecule has 0 rings (SSSR count). The van der Waals surface area contributed by atoms with Crippen LogP contribution in [0.1, 0.15) is 41.0 Å². The van der Waals surface area contributed by atoms with Crippen LogP contribution in [0.4, 0.5) is 0 Å². The van der Waals surface area contributed by atoms with Crippen LogP contribution in [-0.2, 0) is 9.22 Å². The molecule has 0 aromatic rings. The quantitative estimate of drug-likeness (QED) is 0.381. The van der Waals surface area contributed by atoms with Gasteiger partial charge in [0.05, 0.1) is 6.10 Å². The monoisotopic (exact) mass is 340 g/mol. The lowest BCUT2D eigenvalue weighted by Gasteiger charge is -2.41. The van der Waals surface area contributed by atoms with Crippen LogP contribution >= 0.6 is 0 Å². The van der Waals surface area contributed by atoms with Gasteiger partial charge >= 0.3 is 0 Å². The summed E-state index contributed by atoms with van der Waals surface area (Å²) in [5.74, 6) is 3.53. The van der Waals surface area contributed by atoms with Crippen molar-refractivity contribution < 1.29 is 9.22 Å². The predicted molar refractivity (Wildman–Crippen MR) is 102 cm³/mol. The Balaban J connectivity index is 5.14. The Kier molecular flexibility index (Phi) is 7.81. The summed E-state index contributed by atoms with van der Waals surface area (Å²) in [6.45, 7) is 22.1. The van der Waals surface area contributed by atoms with E-state index in [2.05, 4.69) is 71.9 Å². The maximum Gasteiger partial charge on any atom is 0.192 e. The van der Waals surface area contributed by atoms with E-state index in [4.69, 9.17) is 4.43 Å². The molecule has 22 heavy (non-hydrogen) atoms. The van der Waals surface area contributed by atoms with Gasteiger partial charge in [-0.3, -0.25) is 0 Å². The first kappa shape index (κ1) is 21.6. The van der Waals surface area contributed by atoms with Crippen LogP contribution < -0.4 is 0 Å². The van der Waals surface area contributed by atoms with Gasteiger partial charge in [-0.2, -0.15) is 0 Å². The minimum Gasteiger partial charge on any atom is -0.413 e. The fraction of sp³-hybridized carbons (Fsp3) is 0.833. The average Bonchev–Trinajstić information content (AvgIpc) is 2.31. The summed E-state index contributed by atoms with van der Waals surface area (Å²) in [7, 11) is -3.22. The maximum absolute atomic E-state index is 11.3. The first-order valence-electron chi connectivity index (χ1n) is 8.34. The Morgan fingerprint density at radius 3 is 1.95 bits per heavy atom. The molecule has 0 aliphatic heterocycles. The van der Waals surface area contributed by atoms with Crippen molar-refractivity contribution in [1.82, 2.24) is 0 Å². The van der Waals surface area contributed by atoms with Crippen LogP contribution in [0.2, 0.25) is 37.8 Å². The van der Waals surface area contributed by atoms with Crippen LogP contribution in [0, 0.1) is 23.3 Å². The highest BCUT2D eigenvalue weighted by molar-refractivity contribution is 6.83. The van der Waals surface area contributed by atoms with E-state index in [9.17, 15) is 4.79 Å². The SMILES string of the molecule is C[C@H](C=O)[C@@H](O[Si](C)(C)C(C)(C)C)[C@@H](C)CC#C[Si](C)(C)C. The third-order valence-corrected chi connectivity index (χ3v) is 9.82. The van der Waals surface area contributed by atoms with Gasteiger partial charge in [0, 0.05) is 12.3 Å². The highest BCUT2D eigenvalue weighted by Gasteiger charge is 2.41. The summed E-state index contributed by atoms with van der Waals surface area (Å²) in [5, 5.41) is 0.150. The standard InChI is InChI=1S/C18H36O2Si2/c1-15(12-11-13-21(6,7)8)17(16(2)14-19)20-22(9,10)18(3,4)5/h14-17H,12H2,1-10H3/t15-,16+,17-/m0/s1. The van der Waals surface area contributed by atoms with E-state index < -0.39 is 16.4 Å². The summed E-state index contributed by atoms with van der Waals surface area (Å²) in [6, 6.07) is 0. The van der Waals surface area contributed by atoms with E-state index in [1.54, 1.807) is 0 Å². The second-order valence-electron chi connectivity index (χ2n) is 9.07. The van der Waals surface area contributed by atoms with Crippen molar-refractivity contribution in [2.24, 2.45) is 11.8 Å². The van der Waals surface area contributed by atoms with Crippen LogP contribution in [0.25, 0.3) is 0 Å². The number of carbonyl (C=O) groups excluding carboxylic acids is 1. The fourth-order valence-electron chi connectivity index (χ4n) is 1.93. The van der Waals surface area contributed by atoms with E-state index >= 15 is 0 Å². The molecule has 3 atom stereocenters. The van der Waals surface area contributed by atoms with Gasteiger partial charge < -0.3 is 9.22 Å². The summed E-state index contributed by atoms with van der Waals surface area (Å²) >= 11 is 0. The number of aldehydes is 1. The Labute approximate surface area is 140 Å². The van der Waals surface area contributed by atoms with Crippen molar-refractivity contribution in [3.05, 3.63) is 0 Å². The highest BCUT2D eigenvalue weighted by atomic mass is 28.4. The predicted octanol–water partition coefficient (Wildman–Crippen LogP) is 5.12. The molecule has 0 heterocycles. The van der Waals surface area contributed by atoms with Crippen molar-refractivity contribution in [3.8, 4) is 11.5 Å². The summed E-state index contributed by atoms with van der Waals surface area (Å²) < 4.78 is 6.55. The first-order valence-corrected chi connectivity index (χ1v) is 14.8. The molecule has 0 saturated heterocycles. The van der Waals surface area contributed by atoms with Crippen molar-refractivity contribution in [2.75, 3.05) is 0 Å². The molecule has 0 spiro atoms. The van der Waals surface area contributed by atoms with Gasteiger partial charge in [-0.05, 0) is 24.1 Å². The first-order chi connectivity index (χ1) is 9.71. The Morgan fingerprint density at radius 1 is 1.09 bits per heavy atom. The Hall–Kier alpha value is -0.376. The van der Waals surface area contributed by atoms with Crippen molar-refractivity contribution in [3.63, 3.8) is 0 Å². The van der Waals surface area contributed by atoms with Gasteiger partial charge in [-0.15, -0.1) is 11.5 Å². The molecule has 0 aromatic carbocycles. The molecule has 0 saturated carbocycles. The second kappa shape index (κ2) is 7.94. The molecule has 0 bridgehead atoms. The van der Waals surface area contributed by atoms with Crippen molar-refractivity contribution in [2.45, 2.75) is 84.9 Å². The molecule has 0 unspecified atom stereocenters. The smallest absolute Gasteiger partial charge is 0.192 e. The third kappa shape index (κ3) is 7.26. The van der Waals surface area contributed by atoms with Gasteiger partial charge in [0.25, 0.3) is 0 Å². The van der Waals surface area contributed by atoms with Crippen LogP contribution in [0.3, 0.4) is 0 Å². The topological polar surface area (TPSA) is 26.3 Å². The lowest BCUT2D eigenvalue weighted by molar-refractivity contribution is -0.114. The molecule has 0 fully saturated rings. The molecule has 128 valence electrons. The molecule has 4 heteroatoms. The zero-order valence-corrected chi connectivity index (χ0v) is 18.3. The lowest BCUT2D eigenvalue weighted by atomic mass is 9.92. The van der Waals surface area contributed by atoms with Crippen LogP contribution in [0.5, 0.6) is 0 Å². The van der Waals surface area contributed by atoms with E-state index in [1.807, 2.05) is 6.92 Å².